The Kier molecular flexibility index (Phi) is 7.11. The number of halogens is 4. The van der Waals surface area contributed by atoms with Gasteiger partial charge in [-0.3, -0.25) is 0 Å². The first kappa shape index (κ1) is 20.0. The lowest BCUT2D eigenvalue weighted by atomic mass is 10.0. The number of alkyl halides is 2. The van der Waals surface area contributed by atoms with Gasteiger partial charge >= 0.3 is 6.61 Å². The maximum absolute atomic E-state index is 12.5. The molecule has 1 aliphatic rings. The van der Waals surface area contributed by atoms with Gasteiger partial charge in [0, 0.05) is 16.5 Å². The van der Waals surface area contributed by atoms with Crippen molar-refractivity contribution in [3.05, 3.63) is 46.0 Å². The molecule has 25 heavy (non-hydrogen) atoms. The van der Waals surface area contributed by atoms with Gasteiger partial charge in [-0.2, -0.15) is 8.78 Å². The summed E-state index contributed by atoms with van der Waals surface area (Å²) in [5.74, 6) is 0.570. The molecule has 0 unspecified atom stereocenters. The van der Waals surface area contributed by atoms with E-state index in [-0.39, 0.29) is 23.0 Å². The summed E-state index contributed by atoms with van der Waals surface area (Å²) in [6, 6.07) is 4.37. The average molecular weight is 393 g/mol. The van der Waals surface area contributed by atoms with Crippen LogP contribution in [-0.2, 0) is 0 Å². The molecule has 2 rings (SSSR count). The number of allylic oxidation sites excluding steroid dienone is 2. The Morgan fingerprint density at radius 1 is 1.32 bits per heavy atom. The van der Waals surface area contributed by atoms with E-state index in [1.807, 2.05) is 0 Å². The predicted octanol–water partition coefficient (Wildman–Crippen LogP) is 5.77. The summed E-state index contributed by atoms with van der Waals surface area (Å²) in [4.78, 5) is 0. The molecule has 0 heterocycles. The number of aliphatic hydroxyl groups is 1. The summed E-state index contributed by atoms with van der Waals surface area (Å²) >= 11 is 11.9. The lowest BCUT2D eigenvalue weighted by Crippen LogP contribution is -2.08. The number of ether oxygens (including phenoxy) is 2. The van der Waals surface area contributed by atoms with Crippen molar-refractivity contribution in [2.24, 2.45) is 5.92 Å². The quantitative estimate of drug-likeness (QED) is 0.542. The van der Waals surface area contributed by atoms with Crippen LogP contribution < -0.4 is 9.47 Å². The minimum atomic E-state index is -2.95. The molecule has 7 heteroatoms. The molecule has 1 atom stereocenters. The summed E-state index contributed by atoms with van der Waals surface area (Å²) in [5, 5.41) is 11.1. The minimum absolute atomic E-state index is 0.0577. The van der Waals surface area contributed by atoms with Gasteiger partial charge in [0.25, 0.3) is 0 Å². The topological polar surface area (TPSA) is 38.7 Å². The number of rotatable bonds is 9. The zero-order chi connectivity index (χ0) is 18.6. The van der Waals surface area contributed by atoms with Gasteiger partial charge in [-0.05, 0) is 49.0 Å². The second-order valence-electron chi connectivity index (χ2n) is 5.98. The van der Waals surface area contributed by atoms with Crippen LogP contribution in [0.15, 0.2) is 40.4 Å². The van der Waals surface area contributed by atoms with Crippen molar-refractivity contribution >= 4 is 23.2 Å². The summed E-state index contributed by atoms with van der Waals surface area (Å²) in [6.07, 6.45) is 1.33. The highest BCUT2D eigenvalue weighted by molar-refractivity contribution is 6.35. The van der Waals surface area contributed by atoms with Crippen molar-refractivity contribution < 1.29 is 23.4 Å². The van der Waals surface area contributed by atoms with Gasteiger partial charge in [0.05, 0.1) is 12.7 Å². The second kappa shape index (κ2) is 8.88. The fourth-order valence-electron chi connectivity index (χ4n) is 2.28. The molecule has 0 saturated heterocycles. The first-order valence-electron chi connectivity index (χ1n) is 7.87. The Balaban J connectivity index is 2.19. The molecular formula is C18H20Cl2F2O3. The van der Waals surface area contributed by atoms with E-state index in [1.54, 1.807) is 6.92 Å². The fraction of sp³-hybridized carbons (Fsp3) is 0.444. The smallest absolute Gasteiger partial charge is 0.387 e. The molecule has 1 fully saturated rings. The van der Waals surface area contributed by atoms with Crippen LogP contribution in [0.3, 0.4) is 0 Å². The third kappa shape index (κ3) is 6.17. The standard InChI is InChI=1S/C18H20Cl2F2O3/c1-10(19)14(11(2)20)8-15(23)13-5-6-16(25-18(21)22)17(7-13)24-9-12-3-4-12/h5-7,12,15,18,23H,1,3-4,8-9H2,2H3/b14-11+/t15-/m0/s1. The van der Waals surface area contributed by atoms with Gasteiger partial charge in [0.15, 0.2) is 11.5 Å². The highest BCUT2D eigenvalue weighted by Crippen LogP contribution is 2.37. The predicted molar refractivity (Wildman–Crippen MR) is 94.4 cm³/mol. The van der Waals surface area contributed by atoms with Crippen LogP contribution in [0, 0.1) is 5.92 Å². The van der Waals surface area contributed by atoms with Crippen molar-refractivity contribution in [1.82, 2.24) is 0 Å². The monoisotopic (exact) mass is 392 g/mol. The molecule has 138 valence electrons. The lowest BCUT2D eigenvalue weighted by Gasteiger charge is -2.17. The molecule has 1 aromatic rings. The molecule has 1 aromatic carbocycles. The summed E-state index contributed by atoms with van der Waals surface area (Å²) in [7, 11) is 0. The first-order valence-corrected chi connectivity index (χ1v) is 8.63. The number of aliphatic hydroxyl groups excluding tert-OH is 1. The fourth-order valence-corrected chi connectivity index (χ4v) is 2.74. The van der Waals surface area contributed by atoms with E-state index >= 15 is 0 Å². The average Bonchev–Trinajstić information content (AvgIpc) is 3.34. The van der Waals surface area contributed by atoms with E-state index in [0.29, 0.717) is 28.7 Å². The van der Waals surface area contributed by atoms with E-state index in [0.717, 1.165) is 12.8 Å². The van der Waals surface area contributed by atoms with E-state index in [1.165, 1.54) is 18.2 Å². The highest BCUT2D eigenvalue weighted by atomic mass is 35.5. The third-order valence-corrected chi connectivity index (χ3v) is 4.34. The van der Waals surface area contributed by atoms with Crippen LogP contribution in [0.1, 0.15) is 37.9 Å². The molecule has 0 spiro atoms. The van der Waals surface area contributed by atoms with Crippen molar-refractivity contribution in [2.75, 3.05) is 6.61 Å². The summed E-state index contributed by atoms with van der Waals surface area (Å²) in [5.41, 5.74) is 1.02. The Morgan fingerprint density at radius 2 is 2.00 bits per heavy atom. The zero-order valence-corrected chi connectivity index (χ0v) is 15.3. The van der Waals surface area contributed by atoms with E-state index in [4.69, 9.17) is 27.9 Å². The molecule has 0 bridgehead atoms. The SMILES string of the molecule is C=C(Cl)/C(C[C@H](O)c1ccc(OC(F)F)c(OCC2CC2)c1)=C(\C)Cl. The molecule has 0 aliphatic heterocycles. The van der Waals surface area contributed by atoms with Gasteiger partial charge in [-0.15, -0.1) is 0 Å². The Morgan fingerprint density at radius 3 is 2.52 bits per heavy atom. The van der Waals surface area contributed by atoms with E-state index in [9.17, 15) is 13.9 Å². The summed E-state index contributed by atoms with van der Waals surface area (Å²) < 4.78 is 35.2. The van der Waals surface area contributed by atoms with Crippen molar-refractivity contribution in [3.63, 3.8) is 0 Å². The second-order valence-corrected chi connectivity index (χ2v) is 7.00. The van der Waals surface area contributed by atoms with Crippen LogP contribution in [0.2, 0.25) is 0 Å². The van der Waals surface area contributed by atoms with Crippen LogP contribution in [-0.4, -0.2) is 18.3 Å². The van der Waals surface area contributed by atoms with Crippen LogP contribution in [0.5, 0.6) is 11.5 Å². The molecule has 1 N–H and O–H groups in total. The van der Waals surface area contributed by atoms with Gasteiger partial charge in [0.2, 0.25) is 0 Å². The Hall–Kier alpha value is -1.30. The van der Waals surface area contributed by atoms with Crippen LogP contribution >= 0.6 is 23.2 Å². The van der Waals surface area contributed by atoms with E-state index in [2.05, 4.69) is 11.3 Å². The maximum Gasteiger partial charge on any atom is 0.387 e. The van der Waals surface area contributed by atoms with E-state index < -0.39 is 12.7 Å². The zero-order valence-electron chi connectivity index (χ0n) is 13.8. The van der Waals surface area contributed by atoms with Crippen molar-refractivity contribution in [2.45, 2.75) is 38.9 Å². The first-order chi connectivity index (χ1) is 11.8. The normalized spacial score (nSPS) is 16.4. The van der Waals surface area contributed by atoms with Crippen molar-refractivity contribution in [1.29, 1.82) is 0 Å². The van der Waals surface area contributed by atoms with Gasteiger partial charge in [-0.25, -0.2) is 0 Å². The molecule has 0 radical (unpaired) electrons. The van der Waals surface area contributed by atoms with Crippen LogP contribution in [0.4, 0.5) is 8.78 Å². The Labute approximate surface area is 155 Å². The lowest BCUT2D eigenvalue weighted by molar-refractivity contribution is -0.0515. The van der Waals surface area contributed by atoms with Crippen molar-refractivity contribution in [3.8, 4) is 11.5 Å². The largest absolute Gasteiger partial charge is 0.489 e. The minimum Gasteiger partial charge on any atom is -0.489 e. The number of hydrogen-bond donors (Lipinski definition) is 1. The summed E-state index contributed by atoms with van der Waals surface area (Å²) in [6.45, 7) is 2.76. The third-order valence-electron chi connectivity index (χ3n) is 3.88. The number of hydrogen-bond acceptors (Lipinski definition) is 3. The molecule has 1 aliphatic carbocycles. The van der Waals surface area contributed by atoms with Crippen LogP contribution in [0.25, 0.3) is 0 Å². The molecule has 3 nitrogen and oxygen atoms in total. The molecule has 0 aromatic heterocycles. The highest BCUT2D eigenvalue weighted by Gasteiger charge is 2.24. The number of benzene rings is 1. The molecular weight excluding hydrogens is 373 g/mol. The Bertz CT molecular complexity index is 654. The van der Waals surface area contributed by atoms with Gasteiger partial charge in [0.1, 0.15) is 0 Å². The maximum atomic E-state index is 12.5. The van der Waals surface area contributed by atoms with Gasteiger partial charge < -0.3 is 14.6 Å². The molecule has 1 saturated carbocycles. The molecule has 0 amide bonds. The van der Waals surface area contributed by atoms with Gasteiger partial charge in [-0.1, -0.05) is 35.8 Å².